The summed E-state index contributed by atoms with van der Waals surface area (Å²) in [7, 11) is 4.10. The van der Waals surface area contributed by atoms with Gasteiger partial charge in [-0.05, 0) is 32.3 Å². The first-order chi connectivity index (χ1) is 7.66. The van der Waals surface area contributed by atoms with E-state index in [0.717, 1.165) is 28.1 Å². The van der Waals surface area contributed by atoms with Gasteiger partial charge in [-0.2, -0.15) is 0 Å². The summed E-state index contributed by atoms with van der Waals surface area (Å²) in [6.45, 7) is 1.02. The highest BCUT2D eigenvalue weighted by atomic mass is 32.2. The zero-order chi connectivity index (χ0) is 11.5. The molecule has 2 aromatic rings. The van der Waals surface area contributed by atoms with Gasteiger partial charge >= 0.3 is 0 Å². The van der Waals surface area contributed by atoms with Gasteiger partial charge in [0.2, 0.25) is 0 Å². The predicted octanol–water partition coefficient (Wildman–Crippen LogP) is 2.96. The van der Waals surface area contributed by atoms with Crippen molar-refractivity contribution in [2.75, 3.05) is 26.4 Å². The van der Waals surface area contributed by atoms with Crippen LogP contribution in [0.5, 0.6) is 0 Å². The number of aromatic amines is 1. The molecule has 1 N–H and O–H groups in total. The van der Waals surface area contributed by atoms with E-state index in [4.69, 9.17) is 0 Å². The number of benzene rings is 1. The van der Waals surface area contributed by atoms with Gasteiger partial charge in [0.05, 0.1) is 0 Å². The van der Waals surface area contributed by atoms with Crippen molar-refractivity contribution in [1.82, 2.24) is 9.88 Å². The summed E-state index contributed by atoms with van der Waals surface area (Å²) in [6.07, 6.45) is 1.95. The molecule has 1 aromatic carbocycles. The Labute approximate surface area is 98.8 Å². The van der Waals surface area contributed by atoms with Crippen LogP contribution in [0, 0.1) is 5.82 Å². The van der Waals surface area contributed by atoms with Gasteiger partial charge in [0.25, 0.3) is 0 Å². The van der Waals surface area contributed by atoms with Gasteiger partial charge < -0.3 is 9.88 Å². The minimum atomic E-state index is -0.179. The Morgan fingerprint density at radius 3 is 2.94 bits per heavy atom. The first-order valence-electron chi connectivity index (χ1n) is 5.21. The van der Waals surface area contributed by atoms with Crippen molar-refractivity contribution in [1.29, 1.82) is 0 Å². The molecule has 0 atom stereocenters. The van der Waals surface area contributed by atoms with Crippen molar-refractivity contribution in [2.24, 2.45) is 0 Å². The van der Waals surface area contributed by atoms with Crippen molar-refractivity contribution in [3.05, 3.63) is 30.2 Å². The molecule has 1 aromatic heterocycles. The first kappa shape index (κ1) is 11.5. The Kier molecular flexibility index (Phi) is 3.51. The summed E-state index contributed by atoms with van der Waals surface area (Å²) < 4.78 is 13.1. The fourth-order valence-corrected chi connectivity index (χ4v) is 2.67. The molecule has 1 heterocycles. The van der Waals surface area contributed by atoms with Crippen LogP contribution < -0.4 is 0 Å². The molecule has 0 unspecified atom stereocenters. The minimum absolute atomic E-state index is 0.179. The Morgan fingerprint density at radius 1 is 1.38 bits per heavy atom. The Hall–Kier alpha value is -1.00. The number of nitrogens with zero attached hydrogens (tertiary/aromatic N) is 1. The smallest absolute Gasteiger partial charge is 0.123 e. The lowest BCUT2D eigenvalue weighted by molar-refractivity contribution is 0.437. The fraction of sp³-hybridized carbons (Fsp3) is 0.333. The van der Waals surface area contributed by atoms with Crippen molar-refractivity contribution >= 4 is 22.7 Å². The van der Waals surface area contributed by atoms with Gasteiger partial charge in [-0.1, -0.05) is 0 Å². The lowest BCUT2D eigenvalue weighted by Gasteiger charge is -2.07. The normalized spacial score (nSPS) is 11.5. The zero-order valence-electron chi connectivity index (χ0n) is 9.46. The Balaban J connectivity index is 2.15. The summed E-state index contributed by atoms with van der Waals surface area (Å²) in [4.78, 5) is 6.42. The summed E-state index contributed by atoms with van der Waals surface area (Å²) >= 11 is 1.75. The van der Waals surface area contributed by atoms with Gasteiger partial charge in [0, 0.05) is 34.3 Å². The van der Waals surface area contributed by atoms with E-state index in [1.807, 2.05) is 6.20 Å². The molecule has 0 saturated heterocycles. The van der Waals surface area contributed by atoms with Gasteiger partial charge in [0.1, 0.15) is 5.82 Å². The average Bonchev–Trinajstić information content (AvgIpc) is 2.60. The molecule has 2 nitrogen and oxygen atoms in total. The third kappa shape index (κ3) is 2.57. The van der Waals surface area contributed by atoms with Crippen LogP contribution in [0.2, 0.25) is 0 Å². The molecule has 16 heavy (non-hydrogen) atoms. The second-order valence-corrected chi connectivity index (χ2v) is 5.13. The molecule has 2 rings (SSSR count). The molecule has 0 spiro atoms. The molecule has 0 radical (unpaired) electrons. The topological polar surface area (TPSA) is 19.0 Å². The average molecular weight is 238 g/mol. The molecule has 0 bridgehead atoms. The third-order valence-corrected chi connectivity index (χ3v) is 3.44. The van der Waals surface area contributed by atoms with Gasteiger partial charge in [-0.3, -0.25) is 0 Å². The van der Waals surface area contributed by atoms with Gasteiger partial charge in [-0.25, -0.2) is 4.39 Å². The van der Waals surface area contributed by atoms with Gasteiger partial charge in [-0.15, -0.1) is 11.8 Å². The lowest BCUT2D eigenvalue weighted by atomic mass is 10.2. The SMILES string of the molecule is CN(C)CCSc1c[nH]c2ccc(F)cc12. The van der Waals surface area contributed by atoms with E-state index in [9.17, 15) is 4.39 Å². The quantitative estimate of drug-likeness (QED) is 0.826. The lowest BCUT2D eigenvalue weighted by Crippen LogP contribution is -2.14. The molecule has 0 fully saturated rings. The molecule has 4 heteroatoms. The van der Waals surface area contributed by atoms with E-state index < -0.39 is 0 Å². The van der Waals surface area contributed by atoms with Crippen LogP contribution >= 0.6 is 11.8 Å². The highest BCUT2D eigenvalue weighted by Crippen LogP contribution is 2.28. The fourth-order valence-electron chi connectivity index (χ4n) is 1.52. The van der Waals surface area contributed by atoms with Crippen LogP contribution in [0.1, 0.15) is 0 Å². The highest BCUT2D eigenvalue weighted by Gasteiger charge is 2.05. The molecular formula is C12H15FN2S. The van der Waals surface area contributed by atoms with Crippen LogP contribution in [-0.4, -0.2) is 36.3 Å². The van der Waals surface area contributed by atoms with E-state index >= 15 is 0 Å². The number of hydrogen-bond donors (Lipinski definition) is 1. The second-order valence-electron chi connectivity index (χ2n) is 3.99. The minimum Gasteiger partial charge on any atom is -0.360 e. The summed E-state index contributed by atoms with van der Waals surface area (Å²) in [5.74, 6) is 0.831. The van der Waals surface area contributed by atoms with Crippen molar-refractivity contribution in [3.63, 3.8) is 0 Å². The number of hydrogen-bond acceptors (Lipinski definition) is 2. The van der Waals surface area contributed by atoms with Crippen LogP contribution in [0.4, 0.5) is 4.39 Å². The monoisotopic (exact) mass is 238 g/mol. The van der Waals surface area contributed by atoms with E-state index in [1.54, 1.807) is 23.9 Å². The van der Waals surface area contributed by atoms with Crippen LogP contribution in [0.3, 0.4) is 0 Å². The third-order valence-electron chi connectivity index (χ3n) is 2.40. The molecule has 86 valence electrons. The maximum absolute atomic E-state index is 13.1. The Bertz CT molecular complexity index is 479. The van der Waals surface area contributed by atoms with Crippen LogP contribution in [0.25, 0.3) is 10.9 Å². The molecule has 0 aliphatic rings. The summed E-state index contributed by atoms with van der Waals surface area (Å²) in [5.41, 5.74) is 0.994. The zero-order valence-corrected chi connectivity index (χ0v) is 10.3. The predicted molar refractivity (Wildman–Crippen MR) is 67.5 cm³/mol. The number of aromatic nitrogens is 1. The number of nitrogens with one attached hydrogen (secondary N) is 1. The van der Waals surface area contributed by atoms with Crippen molar-refractivity contribution < 1.29 is 4.39 Å². The van der Waals surface area contributed by atoms with Crippen LogP contribution in [-0.2, 0) is 0 Å². The molecular weight excluding hydrogens is 223 g/mol. The maximum atomic E-state index is 13.1. The van der Waals surface area contributed by atoms with E-state index in [2.05, 4.69) is 24.0 Å². The van der Waals surface area contributed by atoms with E-state index in [0.29, 0.717) is 0 Å². The standard InChI is InChI=1S/C12H15FN2S/c1-15(2)5-6-16-12-8-14-11-4-3-9(13)7-10(11)12/h3-4,7-8,14H,5-6H2,1-2H3. The Morgan fingerprint density at radius 2 is 2.19 bits per heavy atom. The summed E-state index contributed by atoms with van der Waals surface area (Å²) in [5, 5.41) is 0.976. The number of rotatable bonds is 4. The number of thioether (sulfide) groups is 1. The van der Waals surface area contributed by atoms with E-state index in [-0.39, 0.29) is 5.82 Å². The summed E-state index contributed by atoms with van der Waals surface area (Å²) in [6, 6.07) is 4.84. The molecule has 0 amide bonds. The van der Waals surface area contributed by atoms with Gasteiger partial charge in [0.15, 0.2) is 0 Å². The second kappa shape index (κ2) is 4.89. The van der Waals surface area contributed by atoms with Crippen molar-refractivity contribution in [3.8, 4) is 0 Å². The van der Waals surface area contributed by atoms with Crippen molar-refractivity contribution in [2.45, 2.75) is 4.90 Å². The van der Waals surface area contributed by atoms with E-state index in [1.165, 1.54) is 6.07 Å². The molecule has 0 saturated carbocycles. The maximum Gasteiger partial charge on any atom is 0.123 e. The highest BCUT2D eigenvalue weighted by molar-refractivity contribution is 7.99. The number of H-pyrrole nitrogens is 1. The van der Waals surface area contributed by atoms with Crippen LogP contribution in [0.15, 0.2) is 29.3 Å². The largest absolute Gasteiger partial charge is 0.360 e. The number of fused-ring (bicyclic) bond motifs is 1. The first-order valence-corrected chi connectivity index (χ1v) is 6.19. The number of halogens is 1. The molecule has 0 aliphatic heterocycles. The molecule has 0 aliphatic carbocycles.